The van der Waals surface area contributed by atoms with Crippen LogP contribution in [0.1, 0.15) is 49.2 Å². The number of primary amides is 1. The number of aromatic nitrogens is 1. The van der Waals surface area contributed by atoms with Gasteiger partial charge in [-0.25, -0.2) is 0 Å². The van der Waals surface area contributed by atoms with Crippen LogP contribution < -0.4 is 5.73 Å². The van der Waals surface area contributed by atoms with Crippen LogP contribution in [0.3, 0.4) is 0 Å². The molecular weight excluding hydrogens is 280 g/mol. The number of carbonyl (C=O) groups is 1. The van der Waals surface area contributed by atoms with Gasteiger partial charge < -0.3 is 15.2 Å². The first-order valence-electron chi connectivity index (χ1n) is 8.16. The molecule has 1 aromatic heterocycles. The number of aryl methyl sites for hydroxylation is 1. The molecule has 0 aromatic carbocycles. The van der Waals surface area contributed by atoms with E-state index in [-0.39, 0.29) is 5.69 Å². The molecule has 0 radical (unpaired) electrons. The molecule has 124 valence electrons. The van der Waals surface area contributed by atoms with Crippen LogP contribution in [-0.4, -0.2) is 59.6 Å². The van der Waals surface area contributed by atoms with Gasteiger partial charge in [0.1, 0.15) is 6.26 Å². The molecule has 0 spiro atoms. The van der Waals surface area contributed by atoms with Crippen molar-refractivity contribution in [1.82, 2.24) is 15.0 Å². The normalized spacial score (nSPS) is 23.8. The van der Waals surface area contributed by atoms with Gasteiger partial charge in [-0.2, -0.15) is 0 Å². The summed E-state index contributed by atoms with van der Waals surface area (Å²) < 4.78 is 4.83. The highest BCUT2D eigenvalue weighted by Crippen LogP contribution is 2.15. The Labute approximate surface area is 132 Å². The summed E-state index contributed by atoms with van der Waals surface area (Å²) in [5, 5.41) is 3.65. The van der Waals surface area contributed by atoms with Crippen molar-refractivity contribution in [3.05, 3.63) is 17.5 Å². The average molecular weight is 308 g/mol. The fraction of sp³-hybridized carbons (Fsp3) is 0.750. The van der Waals surface area contributed by atoms with Gasteiger partial charge in [0.05, 0.1) is 0 Å². The molecule has 2 rings (SSSR count). The van der Waals surface area contributed by atoms with Crippen molar-refractivity contribution in [3.63, 3.8) is 0 Å². The number of amides is 1. The Bertz CT molecular complexity index is 476. The lowest BCUT2D eigenvalue weighted by molar-refractivity contribution is 0.0591. The lowest BCUT2D eigenvalue weighted by atomic mass is 10.1. The second kappa shape index (κ2) is 7.74. The molecule has 1 amide bonds. The number of hydrogen-bond donors (Lipinski definition) is 1. The fourth-order valence-corrected chi connectivity index (χ4v) is 3.16. The number of carbonyl (C=O) groups excluding carboxylic acids is 1. The van der Waals surface area contributed by atoms with Crippen LogP contribution in [0.2, 0.25) is 0 Å². The molecule has 22 heavy (non-hydrogen) atoms. The van der Waals surface area contributed by atoms with Crippen LogP contribution in [0, 0.1) is 0 Å². The highest BCUT2D eigenvalue weighted by Gasteiger charge is 2.25. The quantitative estimate of drug-likeness (QED) is 0.773. The minimum Gasteiger partial charge on any atom is -0.364 e. The molecule has 1 aliphatic rings. The Balaban J connectivity index is 1.65. The third-order valence-corrected chi connectivity index (χ3v) is 4.73. The van der Waals surface area contributed by atoms with Crippen LogP contribution in [0.4, 0.5) is 0 Å². The minimum atomic E-state index is -0.510. The summed E-state index contributed by atoms with van der Waals surface area (Å²) >= 11 is 0. The number of nitrogens with two attached hydrogens (primary N) is 1. The van der Waals surface area contributed by atoms with E-state index in [0.717, 1.165) is 44.5 Å². The second-order valence-electron chi connectivity index (χ2n) is 6.49. The Hall–Kier alpha value is -1.40. The van der Waals surface area contributed by atoms with Crippen molar-refractivity contribution in [1.29, 1.82) is 0 Å². The van der Waals surface area contributed by atoms with Gasteiger partial charge in [-0.3, -0.25) is 9.69 Å². The van der Waals surface area contributed by atoms with Crippen molar-refractivity contribution >= 4 is 5.91 Å². The standard InChI is InChI=1S/C16H28N4O2/c1-12-9-20(10-13(2)19(12)3)8-6-4-5-7-14-11-22-18-15(14)16(17)21/h11-13H,4-10H2,1-3H3,(H2,17,21). The monoisotopic (exact) mass is 308 g/mol. The zero-order valence-electron chi connectivity index (χ0n) is 13.9. The molecular formula is C16H28N4O2. The van der Waals surface area contributed by atoms with E-state index in [0.29, 0.717) is 12.1 Å². The van der Waals surface area contributed by atoms with Crippen molar-refractivity contribution in [2.45, 2.75) is 51.6 Å². The molecule has 1 fully saturated rings. The predicted molar refractivity (Wildman–Crippen MR) is 85.7 cm³/mol. The predicted octanol–water partition coefficient (Wildman–Crippen LogP) is 1.51. The Morgan fingerprint density at radius 1 is 1.32 bits per heavy atom. The third kappa shape index (κ3) is 4.30. The first-order valence-corrected chi connectivity index (χ1v) is 8.16. The number of piperazine rings is 1. The van der Waals surface area contributed by atoms with E-state index < -0.39 is 5.91 Å². The molecule has 0 aliphatic carbocycles. The van der Waals surface area contributed by atoms with Crippen LogP contribution in [0.15, 0.2) is 10.8 Å². The molecule has 0 bridgehead atoms. The van der Waals surface area contributed by atoms with Crippen molar-refractivity contribution < 1.29 is 9.32 Å². The van der Waals surface area contributed by atoms with Gasteiger partial charge in [-0.05, 0) is 46.7 Å². The maximum absolute atomic E-state index is 11.2. The summed E-state index contributed by atoms with van der Waals surface area (Å²) in [7, 11) is 2.21. The smallest absolute Gasteiger partial charge is 0.271 e. The summed E-state index contributed by atoms with van der Waals surface area (Å²) in [5.74, 6) is -0.510. The topological polar surface area (TPSA) is 75.6 Å². The fourth-order valence-electron chi connectivity index (χ4n) is 3.16. The van der Waals surface area contributed by atoms with Crippen LogP contribution in [0.25, 0.3) is 0 Å². The zero-order valence-corrected chi connectivity index (χ0v) is 13.9. The lowest BCUT2D eigenvalue weighted by Gasteiger charge is -2.42. The van der Waals surface area contributed by atoms with Crippen molar-refractivity contribution in [3.8, 4) is 0 Å². The maximum atomic E-state index is 11.2. The van der Waals surface area contributed by atoms with Crippen molar-refractivity contribution in [2.75, 3.05) is 26.7 Å². The Morgan fingerprint density at radius 2 is 2.00 bits per heavy atom. The summed E-state index contributed by atoms with van der Waals surface area (Å²) in [6.45, 7) is 8.03. The van der Waals surface area contributed by atoms with Gasteiger partial charge in [-0.1, -0.05) is 11.6 Å². The minimum absolute atomic E-state index is 0.279. The number of nitrogens with zero attached hydrogens (tertiary/aromatic N) is 3. The zero-order chi connectivity index (χ0) is 16.1. The average Bonchev–Trinajstić information content (AvgIpc) is 2.93. The van der Waals surface area contributed by atoms with Gasteiger partial charge in [-0.15, -0.1) is 0 Å². The summed E-state index contributed by atoms with van der Waals surface area (Å²) in [6.07, 6.45) is 5.68. The number of rotatable bonds is 7. The van der Waals surface area contributed by atoms with Gasteiger partial charge in [0, 0.05) is 30.7 Å². The van der Waals surface area contributed by atoms with E-state index in [4.69, 9.17) is 10.3 Å². The molecule has 1 aromatic rings. The number of likely N-dealkylation sites (N-methyl/N-ethyl adjacent to an activating group) is 1. The van der Waals surface area contributed by atoms with Gasteiger partial charge >= 0.3 is 0 Å². The molecule has 2 atom stereocenters. The van der Waals surface area contributed by atoms with Crippen LogP contribution in [-0.2, 0) is 6.42 Å². The maximum Gasteiger partial charge on any atom is 0.271 e. The summed E-state index contributed by atoms with van der Waals surface area (Å²) in [4.78, 5) is 16.2. The first-order chi connectivity index (χ1) is 10.5. The Morgan fingerprint density at radius 3 is 2.64 bits per heavy atom. The lowest BCUT2D eigenvalue weighted by Crippen LogP contribution is -2.54. The van der Waals surface area contributed by atoms with Gasteiger partial charge in [0.15, 0.2) is 5.69 Å². The highest BCUT2D eigenvalue weighted by atomic mass is 16.5. The molecule has 2 unspecified atom stereocenters. The molecule has 1 saturated heterocycles. The molecule has 2 N–H and O–H groups in total. The van der Waals surface area contributed by atoms with E-state index in [1.165, 1.54) is 12.7 Å². The first kappa shape index (κ1) is 17.0. The van der Waals surface area contributed by atoms with E-state index in [9.17, 15) is 4.79 Å². The SMILES string of the molecule is CC1CN(CCCCCc2conc2C(N)=O)CC(C)N1C. The van der Waals surface area contributed by atoms with E-state index in [1.807, 2.05) is 0 Å². The Kier molecular flexibility index (Phi) is 5.97. The van der Waals surface area contributed by atoms with E-state index in [2.05, 4.69) is 35.9 Å². The summed E-state index contributed by atoms with van der Waals surface area (Å²) in [5.41, 5.74) is 6.36. The molecule has 6 nitrogen and oxygen atoms in total. The molecule has 0 saturated carbocycles. The van der Waals surface area contributed by atoms with E-state index in [1.54, 1.807) is 0 Å². The van der Waals surface area contributed by atoms with Crippen LogP contribution in [0.5, 0.6) is 0 Å². The van der Waals surface area contributed by atoms with Gasteiger partial charge in [0.25, 0.3) is 5.91 Å². The van der Waals surface area contributed by atoms with E-state index >= 15 is 0 Å². The number of unbranched alkanes of at least 4 members (excludes halogenated alkanes) is 2. The second-order valence-corrected chi connectivity index (χ2v) is 6.49. The molecule has 1 aliphatic heterocycles. The summed E-state index contributed by atoms with van der Waals surface area (Å²) in [6, 6.07) is 1.25. The number of hydrogen-bond acceptors (Lipinski definition) is 5. The molecule has 2 heterocycles. The largest absolute Gasteiger partial charge is 0.364 e. The third-order valence-electron chi connectivity index (χ3n) is 4.73. The molecule has 6 heteroatoms. The van der Waals surface area contributed by atoms with Crippen molar-refractivity contribution in [2.24, 2.45) is 5.73 Å². The highest BCUT2D eigenvalue weighted by molar-refractivity contribution is 5.91. The van der Waals surface area contributed by atoms with Gasteiger partial charge in [0.2, 0.25) is 0 Å². The van der Waals surface area contributed by atoms with Crippen LogP contribution >= 0.6 is 0 Å².